The summed E-state index contributed by atoms with van der Waals surface area (Å²) in [5.74, 6) is 0.866. The van der Waals surface area contributed by atoms with Gasteiger partial charge in [0.05, 0.1) is 11.3 Å². The van der Waals surface area contributed by atoms with E-state index in [4.69, 9.17) is 0 Å². The lowest BCUT2D eigenvalue weighted by Crippen LogP contribution is -2.27. The molecule has 8 heteroatoms. The van der Waals surface area contributed by atoms with E-state index in [0.717, 1.165) is 33.0 Å². The van der Waals surface area contributed by atoms with Crippen LogP contribution < -0.4 is 5.32 Å². The van der Waals surface area contributed by atoms with Crippen molar-refractivity contribution in [1.29, 1.82) is 0 Å². The molecule has 132 valence electrons. The summed E-state index contributed by atoms with van der Waals surface area (Å²) < 4.78 is 2.99. The van der Waals surface area contributed by atoms with Crippen LogP contribution in [0.2, 0.25) is 0 Å². The van der Waals surface area contributed by atoms with Gasteiger partial charge < -0.3 is 9.88 Å². The van der Waals surface area contributed by atoms with Gasteiger partial charge >= 0.3 is 0 Å². The molecule has 0 atom stereocenters. The van der Waals surface area contributed by atoms with Gasteiger partial charge in [-0.2, -0.15) is 0 Å². The van der Waals surface area contributed by atoms with Gasteiger partial charge in [-0.25, -0.2) is 4.98 Å². The maximum atomic E-state index is 11.9. The molecule has 3 aromatic rings. The number of hydrogen-bond donors (Lipinski definition) is 1. The number of nitrogens with one attached hydrogen (secondary N) is 1. The summed E-state index contributed by atoms with van der Waals surface area (Å²) >= 11 is 4.79. The molecule has 0 fully saturated rings. The number of halogens is 1. The van der Waals surface area contributed by atoms with Crippen LogP contribution in [-0.2, 0) is 11.8 Å². The number of benzene rings is 1. The molecular weight excluding hydrogens is 402 g/mol. The Labute approximate surface area is 158 Å². The number of thioether (sulfide) groups is 1. The van der Waals surface area contributed by atoms with Crippen molar-refractivity contribution in [2.75, 3.05) is 12.3 Å². The van der Waals surface area contributed by atoms with Gasteiger partial charge in [-0.3, -0.25) is 4.79 Å². The van der Waals surface area contributed by atoms with E-state index >= 15 is 0 Å². The lowest BCUT2D eigenvalue weighted by atomic mass is 10.1. The topological polar surface area (TPSA) is 72.7 Å². The van der Waals surface area contributed by atoms with Gasteiger partial charge in [-0.15, -0.1) is 10.2 Å². The third kappa shape index (κ3) is 4.12. The molecule has 0 radical (unpaired) electrons. The zero-order chi connectivity index (χ0) is 18.0. The van der Waals surface area contributed by atoms with Crippen LogP contribution in [0.4, 0.5) is 0 Å². The van der Waals surface area contributed by atoms with Gasteiger partial charge in [0.1, 0.15) is 5.52 Å². The van der Waals surface area contributed by atoms with Crippen molar-refractivity contribution in [3.05, 3.63) is 22.7 Å². The van der Waals surface area contributed by atoms with Gasteiger partial charge in [0.25, 0.3) is 0 Å². The molecule has 0 aliphatic rings. The summed E-state index contributed by atoms with van der Waals surface area (Å²) in [4.78, 5) is 16.5. The molecule has 0 saturated carbocycles. The summed E-state index contributed by atoms with van der Waals surface area (Å²) in [6.07, 6.45) is 0.978. The van der Waals surface area contributed by atoms with E-state index in [0.29, 0.717) is 23.4 Å². The summed E-state index contributed by atoms with van der Waals surface area (Å²) in [5.41, 5.74) is 2.59. The first-order valence-electron chi connectivity index (χ1n) is 8.13. The van der Waals surface area contributed by atoms with Crippen molar-refractivity contribution in [3.63, 3.8) is 0 Å². The monoisotopic (exact) mass is 421 g/mol. The number of carbonyl (C=O) groups excluding carboxylic acids is 1. The molecule has 0 bridgehead atoms. The molecule has 0 spiro atoms. The van der Waals surface area contributed by atoms with Crippen molar-refractivity contribution in [2.45, 2.75) is 25.4 Å². The fourth-order valence-corrected chi connectivity index (χ4v) is 3.53. The number of nitrogens with zero attached hydrogens (tertiary/aromatic N) is 4. The van der Waals surface area contributed by atoms with Crippen LogP contribution in [0, 0.1) is 5.92 Å². The number of hydrogen-bond acceptors (Lipinski definition) is 5. The highest BCUT2D eigenvalue weighted by atomic mass is 79.9. The van der Waals surface area contributed by atoms with Crippen LogP contribution in [0.25, 0.3) is 22.1 Å². The predicted molar refractivity (Wildman–Crippen MR) is 105 cm³/mol. The molecule has 2 aromatic heterocycles. The molecule has 6 nitrogen and oxygen atoms in total. The molecule has 0 unspecified atom stereocenters. The number of aromatic nitrogens is 4. The Morgan fingerprint density at radius 1 is 1.36 bits per heavy atom. The Balaban J connectivity index is 1.74. The fraction of sp³-hybridized carbons (Fsp3) is 0.412. The molecule has 1 amide bonds. The first kappa shape index (κ1) is 18.1. The summed E-state index contributed by atoms with van der Waals surface area (Å²) in [6.45, 7) is 4.98. The highest BCUT2D eigenvalue weighted by Crippen LogP contribution is 2.28. The highest BCUT2D eigenvalue weighted by molar-refractivity contribution is 9.10. The minimum absolute atomic E-state index is 0.00433. The lowest BCUT2D eigenvalue weighted by Gasteiger charge is -2.06. The van der Waals surface area contributed by atoms with E-state index in [-0.39, 0.29) is 5.91 Å². The van der Waals surface area contributed by atoms with Crippen LogP contribution in [-0.4, -0.2) is 38.0 Å². The molecule has 1 N–H and O–H groups in total. The van der Waals surface area contributed by atoms with Gasteiger partial charge in [0.2, 0.25) is 11.1 Å². The predicted octanol–water partition coefficient (Wildman–Crippen LogP) is 3.53. The van der Waals surface area contributed by atoms with Gasteiger partial charge in [-0.1, -0.05) is 41.5 Å². The zero-order valence-electron chi connectivity index (χ0n) is 14.4. The average Bonchev–Trinajstić information content (AvgIpc) is 2.84. The van der Waals surface area contributed by atoms with E-state index in [1.807, 2.05) is 29.8 Å². The molecule has 3 rings (SSSR count). The number of aryl methyl sites for hydroxylation is 1. The Morgan fingerprint density at radius 3 is 2.92 bits per heavy atom. The quantitative estimate of drug-likeness (QED) is 0.616. The van der Waals surface area contributed by atoms with E-state index < -0.39 is 0 Å². The number of rotatable bonds is 6. The van der Waals surface area contributed by atoms with E-state index in [2.05, 4.69) is 50.3 Å². The van der Waals surface area contributed by atoms with Crippen LogP contribution in [0.5, 0.6) is 0 Å². The maximum absolute atomic E-state index is 11.9. The Kier molecular flexibility index (Phi) is 5.58. The van der Waals surface area contributed by atoms with Crippen molar-refractivity contribution >= 4 is 55.7 Å². The van der Waals surface area contributed by atoms with Gasteiger partial charge in [-0.05, 0) is 30.5 Å². The molecule has 1 aromatic carbocycles. The van der Waals surface area contributed by atoms with E-state index in [1.54, 1.807) is 0 Å². The van der Waals surface area contributed by atoms with Crippen molar-refractivity contribution < 1.29 is 4.79 Å². The van der Waals surface area contributed by atoms with Crippen LogP contribution in [0.15, 0.2) is 27.8 Å². The van der Waals surface area contributed by atoms with Crippen LogP contribution >= 0.6 is 27.7 Å². The molecular formula is C17H20BrN5OS. The highest BCUT2D eigenvalue weighted by Gasteiger charge is 2.14. The maximum Gasteiger partial charge on any atom is 0.230 e. The third-order valence-electron chi connectivity index (χ3n) is 3.92. The SMILES string of the molecule is CC(C)CCNC(=O)CSc1nnc2c3cc(Br)ccc3n(C)c2n1. The minimum atomic E-state index is -0.00433. The van der Waals surface area contributed by atoms with Crippen molar-refractivity contribution in [3.8, 4) is 0 Å². The second kappa shape index (κ2) is 7.70. The molecule has 25 heavy (non-hydrogen) atoms. The first-order valence-corrected chi connectivity index (χ1v) is 9.91. The Hall–Kier alpha value is -1.67. The van der Waals surface area contributed by atoms with Crippen LogP contribution in [0.1, 0.15) is 20.3 Å². The van der Waals surface area contributed by atoms with E-state index in [9.17, 15) is 4.79 Å². The lowest BCUT2D eigenvalue weighted by molar-refractivity contribution is -0.118. The zero-order valence-corrected chi connectivity index (χ0v) is 16.8. The molecule has 2 heterocycles. The standard InChI is InChI=1S/C17H20BrN5OS/c1-10(2)6-7-19-14(24)9-25-17-20-16-15(21-22-17)12-8-11(18)4-5-13(12)23(16)3/h4-5,8,10H,6-7,9H2,1-3H3,(H,19,24). The summed E-state index contributed by atoms with van der Waals surface area (Å²) in [5, 5.41) is 12.9. The molecule has 0 aliphatic heterocycles. The summed E-state index contributed by atoms with van der Waals surface area (Å²) in [7, 11) is 1.96. The summed E-state index contributed by atoms with van der Waals surface area (Å²) in [6, 6.07) is 6.03. The molecule has 0 saturated heterocycles. The van der Waals surface area contributed by atoms with Crippen molar-refractivity contribution in [2.24, 2.45) is 13.0 Å². The first-order chi connectivity index (χ1) is 12.0. The van der Waals surface area contributed by atoms with Gasteiger partial charge in [0, 0.05) is 23.5 Å². The second-order valence-corrected chi connectivity index (χ2v) is 8.17. The number of fused-ring (bicyclic) bond motifs is 3. The largest absolute Gasteiger partial charge is 0.355 e. The number of amides is 1. The number of carbonyl (C=O) groups is 1. The average molecular weight is 422 g/mol. The molecule has 0 aliphatic carbocycles. The van der Waals surface area contributed by atoms with Crippen LogP contribution in [0.3, 0.4) is 0 Å². The van der Waals surface area contributed by atoms with E-state index in [1.165, 1.54) is 11.8 Å². The van der Waals surface area contributed by atoms with Gasteiger partial charge in [0.15, 0.2) is 5.65 Å². The minimum Gasteiger partial charge on any atom is -0.355 e. The normalized spacial score (nSPS) is 11.6. The second-order valence-electron chi connectivity index (χ2n) is 6.31. The Morgan fingerprint density at radius 2 is 2.16 bits per heavy atom. The smallest absolute Gasteiger partial charge is 0.230 e. The Bertz CT molecular complexity index is 924. The van der Waals surface area contributed by atoms with Crippen molar-refractivity contribution in [1.82, 2.24) is 25.1 Å². The third-order valence-corrected chi connectivity index (χ3v) is 5.25. The fourth-order valence-electron chi connectivity index (χ4n) is 2.56.